The third-order valence-corrected chi connectivity index (χ3v) is 3.79. The van der Waals surface area contributed by atoms with Gasteiger partial charge in [-0.1, -0.05) is 0 Å². The van der Waals surface area contributed by atoms with Crippen molar-refractivity contribution >= 4 is 33.7 Å². The molecule has 5 nitrogen and oxygen atoms in total. The van der Waals surface area contributed by atoms with Crippen LogP contribution >= 0.6 is 22.7 Å². The van der Waals surface area contributed by atoms with Crippen LogP contribution in [0.3, 0.4) is 0 Å². The molecule has 1 atom stereocenters. The molecule has 2 rings (SSSR count). The summed E-state index contributed by atoms with van der Waals surface area (Å²) in [6.07, 6.45) is 1.98. The maximum Gasteiger partial charge on any atom is 0.226 e. The fourth-order valence-electron chi connectivity index (χ4n) is 1.37. The monoisotopic (exact) mass is 268 g/mol. The molecule has 0 spiro atoms. The Kier molecular flexibility index (Phi) is 3.70. The Morgan fingerprint density at radius 2 is 2.41 bits per heavy atom. The molecular weight excluding hydrogens is 256 g/mol. The highest BCUT2D eigenvalue weighted by atomic mass is 32.1. The number of carbonyl (C=O) groups excluding carboxylic acids is 1. The van der Waals surface area contributed by atoms with Crippen molar-refractivity contribution in [1.29, 1.82) is 0 Å². The van der Waals surface area contributed by atoms with Gasteiger partial charge in [0.25, 0.3) is 0 Å². The van der Waals surface area contributed by atoms with Crippen LogP contribution in [0.2, 0.25) is 0 Å². The van der Waals surface area contributed by atoms with Crippen LogP contribution in [0.1, 0.15) is 23.7 Å². The number of amides is 1. The highest BCUT2D eigenvalue weighted by molar-refractivity contribution is 7.13. The van der Waals surface area contributed by atoms with Gasteiger partial charge in [0.1, 0.15) is 5.01 Å². The first-order valence-electron chi connectivity index (χ1n) is 5.04. The molecule has 2 aromatic rings. The largest absolute Gasteiger partial charge is 0.375 e. The molecule has 1 amide bonds. The third-order valence-electron chi connectivity index (χ3n) is 2.11. The Morgan fingerprint density at radius 1 is 1.59 bits per heavy atom. The van der Waals surface area contributed by atoms with Crippen LogP contribution in [-0.2, 0) is 11.2 Å². The van der Waals surface area contributed by atoms with E-state index in [1.165, 1.54) is 22.7 Å². The summed E-state index contributed by atoms with van der Waals surface area (Å²) >= 11 is 2.86. The smallest absolute Gasteiger partial charge is 0.226 e. The van der Waals surface area contributed by atoms with E-state index >= 15 is 0 Å². The molecular formula is C10H12N4OS2. The summed E-state index contributed by atoms with van der Waals surface area (Å²) in [4.78, 5) is 19.9. The summed E-state index contributed by atoms with van der Waals surface area (Å²) in [5, 5.41) is 7.94. The van der Waals surface area contributed by atoms with Gasteiger partial charge in [0.15, 0.2) is 5.13 Å². The lowest BCUT2D eigenvalue weighted by molar-refractivity contribution is -0.121. The van der Waals surface area contributed by atoms with Crippen molar-refractivity contribution in [3.05, 3.63) is 27.7 Å². The molecule has 0 saturated carbocycles. The normalized spacial score (nSPS) is 12.3. The average Bonchev–Trinajstić information content (AvgIpc) is 2.89. The minimum absolute atomic E-state index is 0.0708. The van der Waals surface area contributed by atoms with E-state index in [-0.39, 0.29) is 18.4 Å². The van der Waals surface area contributed by atoms with Crippen molar-refractivity contribution in [3.8, 4) is 0 Å². The van der Waals surface area contributed by atoms with Gasteiger partial charge in [-0.15, -0.1) is 22.7 Å². The Labute approximate surface area is 107 Å². The molecule has 90 valence electrons. The lowest BCUT2D eigenvalue weighted by atomic mass is 10.3. The second kappa shape index (κ2) is 5.24. The van der Waals surface area contributed by atoms with Gasteiger partial charge in [0.05, 0.1) is 18.2 Å². The van der Waals surface area contributed by atoms with E-state index in [4.69, 9.17) is 5.73 Å². The molecule has 0 radical (unpaired) electrons. The van der Waals surface area contributed by atoms with Crippen molar-refractivity contribution in [3.63, 3.8) is 0 Å². The molecule has 0 bridgehead atoms. The van der Waals surface area contributed by atoms with E-state index in [1.807, 2.05) is 12.3 Å². The second-order valence-corrected chi connectivity index (χ2v) is 5.33. The van der Waals surface area contributed by atoms with Gasteiger partial charge in [-0.25, -0.2) is 9.97 Å². The van der Waals surface area contributed by atoms with E-state index in [1.54, 1.807) is 11.6 Å². The van der Waals surface area contributed by atoms with Gasteiger partial charge in [0, 0.05) is 17.0 Å². The molecule has 1 unspecified atom stereocenters. The number of nitrogens with two attached hydrogens (primary N) is 1. The van der Waals surface area contributed by atoms with E-state index in [2.05, 4.69) is 15.3 Å². The number of nitrogens with one attached hydrogen (secondary N) is 1. The van der Waals surface area contributed by atoms with Crippen LogP contribution in [0.25, 0.3) is 0 Å². The van der Waals surface area contributed by atoms with Gasteiger partial charge in [-0.3, -0.25) is 4.79 Å². The molecule has 0 fully saturated rings. The Bertz CT molecular complexity index is 494. The quantitative estimate of drug-likeness (QED) is 0.882. The van der Waals surface area contributed by atoms with Crippen LogP contribution < -0.4 is 11.1 Å². The highest BCUT2D eigenvalue weighted by Gasteiger charge is 2.13. The van der Waals surface area contributed by atoms with Gasteiger partial charge < -0.3 is 11.1 Å². The first-order valence-corrected chi connectivity index (χ1v) is 6.79. The van der Waals surface area contributed by atoms with E-state index in [9.17, 15) is 4.79 Å². The number of rotatable bonds is 4. The van der Waals surface area contributed by atoms with Gasteiger partial charge in [-0.05, 0) is 6.92 Å². The molecule has 3 N–H and O–H groups in total. The summed E-state index contributed by atoms with van der Waals surface area (Å²) in [6.45, 7) is 1.91. The first kappa shape index (κ1) is 12.0. The van der Waals surface area contributed by atoms with Crippen molar-refractivity contribution in [1.82, 2.24) is 15.3 Å². The first-order chi connectivity index (χ1) is 8.15. The number of nitrogens with zero attached hydrogens (tertiary/aromatic N) is 2. The molecule has 17 heavy (non-hydrogen) atoms. The zero-order chi connectivity index (χ0) is 12.3. The predicted molar refractivity (Wildman–Crippen MR) is 68.9 cm³/mol. The predicted octanol–water partition coefficient (Wildman–Crippen LogP) is 1.60. The molecule has 7 heteroatoms. The number of hydrogen-bond acceptors (Lipinski definition) is 6. The zero-order valence-electron chi connectivity index (χ0n) is 9.21. The molecule has 2 aromatic heterocycles. The standard InChI is InChI=1S/C10H12N4OS2/c1-6(9-12-2-3-16-9)13-8(15)4-7-5-17-10(11)14-7/h2-3,5-6H,4H2,1H3,(H2,11,14)(H,13,15). The number of anilines is 1. The van der Waals surface area contributed by atoms with Crippen LogP contribution in [0.5, 0.6) is 0 Å². The average molecular weight is 268 g/mol. The molecule has 0 saturated heterocycles. The number of hydrogen-bond donors (Lipinski definition) is 2. The molecule has 0 aromatic carbocycles. The van der Waals surface area contributed by atoms with Crippen molar-refractivity contribution in [2.24, 2.45) is 0 Å². The van der Waals surface area contributed by atoms with E-state index in [0.717, 1.165) is 5.01 Å². The number of carbonyl (C=O) groups is 1. The third kappa shape index (κ3) is 3.24. The summed E-state index contributed by atoms with van der Waals surface area (Å²) in [5.41, 5.74) is 6.21. The van der Waals surface area contributed by atoms with Crippen molar-refractivity contribution in [2.45, 2.75) is 19.4 Å². The second-order valence-electron chi connectivity index (χ2n) is 3.51. The van der Waals surface area contributed by atoms with Crippen LogP contribution in [0.15, 0.2) is 17.0 Å². The summed E-state index contributed by atoms with van der Waals surface area (Å²) < 4.78 is 0. The lowest BCUT2D eigenvalue weighted by Crippen LogP contribution is -2.28. The number of nitrogen functional groups attached to an aromatic ring is 1. The van der Waals surface area contributed by atoms with E-state index in [0.29, 0.717) is 10.8 Å². The maximum atomic E-state index is 11.7. The van der Waals surface area contributed by atoms with E-state index < -0.39 is 0 Å². The molecule has 2 heterocycles. The van der Waals surface area contributed by atoms with Crippen LogP contribution in [-0.4, -0.2) is 15.9 Å². The van der Waals surface area contributed by atoms with Crippen molar-refractivity contribution < 1.29 is 4.79 Å². The fraction of sp³-hybridized carbons (Fsp3) is 0.300. The summed E-state index contributed by atoms with van der Waals surface area (Å²) in [5.74, 6) is -0.0713. The molecule has 0 aliphatic rings. The van der Waals surface area contributed by atoms with Gasteiger partial charge >= 0.3 is 0 Å². The van der Waals surface area contributed by atoms with Gasteiger partial charge in [0.2, 0.25) is 5.91 Å². The highest BCUT2D eigenvalue weighted by Crippen LogP contribution is 2.15. The van der Waals surface area contributed by atoms with Gasteiger partial charge in [-0.2, -0.15) is 0 Å². The van der Waals surface area contributed by atoms with Crippen molar-refractivity contribution in [2.75, 3.05) is 5.73 Å². The molecule has 0 aliphatic heterocycles. The van der Waals surface area contributed by atoms with Crippen LogP contribution in [0, 0.1) is 0 Å². The molecule has 0 aliphatic carbocycles. The SMILES string of the molecule is CC(NC(=O)Cc1csc(N)n1)c1nccs1. The Hall–Kier alpha value is -1.47. The Morgan fingerprint density at radius 3 is 3.00 bits per heavy atom. The maximum absolute atomic E-state index is 11.7. The Balaban J connectivity index is 1.89. The minimum Gasteiger partial charge on any atom is -0.375 e. The zero-order valence-corrected chi connectivity index (χ0v) is 10.8. The lowest BCUT2D eigenvalue weighted by Gasteiger charge is -2.10. The minimum atomic E-state index is -0.0713. The fourth-order valence-corrected chi connectivity index (χ4v) is 2.58. The topological polar surface area (TPSA) is 80.9 Å². The number of thiazole rings is 2. The summed E-state index contributed by atoms with van der Waals surface area (Å²) in [7, 11) is 0. The van der Waals surface area contributed by atoms with Crippen LogP contribution in [0.4, 0.5) is 5.13 Å². The summed E-state index contributed by atoms with van der Waals surface area (Å²) in [6, 6.07) is -0.0708. The number of aromatic nitrogens is 2.